The summed E-state index contributed by atoms with van der Waals surface area (Å²) in [5.41, 5.74) is 6.08. The fraction of sp³-hybridized carbons (Fsp3) is 1.00. The quantitative estimate of drug-likeness (QED) is 0.820. The minimum atomic E-state index is 0.754. The van der Waals surface area contributed by atoms with Gasteiger partial charge in [0.15, 0.2) is 0 Å². The molecule has 0 radical (unpaired) electrons. The van der Waals surface area contributed by atoms with Crippen molar-refractivity contribution in [3.05, 3.63) is 0 Å². The number of hydrogen-bond donors (Lipinski definition) is 1. The Morgan fingerprint density at radius 2 is 1.74 bits per heavy atom. The van der Waals surface area contributed by atoms with Crippen LogP contribution in [0.4, 0.5) is 0 Å². The van der Waals surface area contributed by atoms with Crippen LogP contribution in [-0.2, 0) is 0 Å². The topological polar surface area (TPSA) is 29.3 Å². The molecule has 2 N–H and O–H groups in total. The van der Waals surface area contributed by atoms with Gasteiger partial charge in [-0.1, -0.05) is 46.0 Å². The maximum atomic E-state index is 6.08. The second kappa shape index (κ2) is 7.64. The van der Waals surface area contributed by atoms with E-state index in [4.69, 9.17) is 5.73 Å². The minimum absolute atomic E-state index is 0.754. The Hall–Kier alpha value is -0.0800. The Labute approximate surface area is 120 Å². The van der Waals surface area contributed by atoms with Gasteiger partial charge in [0.2, 0.25) is 0 Å². The average molecular weight is 266 g/mol. The molecule has 2 saturated carbocycles. The summed E-state index contributed by atoms with van der Waals surface area (Å²) in [5.74, 6) is 1.70. The van der Waals surface area contributed by atoms with Crippen molar-refractivity contribution in [1.82, 2.24) is 4.90 Å². The lowest BCUT2D eigenvalue weighted by Gasteiger charge is -2.46. The standard InChI is InChI=1S/C17H34N2/c1-3-14-10-11-15(13-18)17(12-14)19(4-2)16-8-6-5-7-9-16/h14-17H,3-13,18H2,1-2H3. The SMILES string of the molecule is CCC1CCC(CN)C(N(CC)C2CCCCC2)C1. The molecule has 0 aliphatic heterocycles. The van der Waals surface area contributed by atoms with E-state index >= 15 is 0 Å². The van der Waals surface area contributed by atoms with Gasteiger partial charge in [-0.15, -0.1) is 0 Å². The van der Waals surface area contributed by atoms with E-state index in [9.17, 15) is 0 Å². The molecule has 2 fully saturated rings. The molecule has 112 valence electrons. The monoisotopic (exact) mass is 266 g/mol. The van der Waals surface area contributed by atoms with Crippen LogP contribution in [0.5, 0.6) is 0 Å². The van der Waals surface area contributed by atoms with Gasteiger partial charge < -0.3 is 5.73 Å². The molecule has 0 aromatic heterocycles. The first-order valence-electron chi connectivity index (χ1n) is 8.75. The van der Waals surface area contributed by atoms with Crippen LogP contribution in [0.2, 0.25) is 0 Å². The first kappa shape index (κ1) is 15.3. The van der Waals surface area contributed by atoms with E-state index in [1.165, 1.54) is 64.3 Å². The van der Waals surface area contributed by atoms with Crippen LogP contribution in [0.25, 0.3) is 0 Å². The summed E-state index contributed by atoms with van der Waals surface area (Å²) >= 11 is 0. The van der Waals surface area contributed by atoms with Crippen LogP contribution in [0, 0.1) is 11.8 Å². The van der Waals surface area contributed by atoms with Crippen molar-refractivity contribution in [2.24, 2.45) is 17.6 Å². The van der Waals surface area contributed by atoms with E-state index in [0.717, 1.165) is 30.5 Å². The predicted molar refractivity (Wildman–Crippen MR) is 83.2 cm³/mol. The lowest BCUT2D eigenvalue weighted by molar-refractivity contribution is 0.0360. The molecular formula is C17H34N2. The molecule has 0 spiro atoms. The summed E-state index contributed by atoms with van der Waals surface area (Å²) in [6.07, 6.45) is 12.7. The molecule has 19 heavy (non-hydrogen) atoms. The van der Waals surface area contributed by atoms with Crippen LogP contribution >= 0.6 is 0 Å². The summed E-state index contributed by atoms with van der Waals surface area (Å²) in [5, 5.41) is 0. The van der Waals surface area contributed by atoms with Crippen molar-refractivity contribution in [3.63, 3.8) is 0 Å². The molecular weight excluding hydrogens is 232 g/mol. The molecule has 0 amide bonds. The molecule has 2 aliphatic rings. The molecule has 2 aliphatic carbocycles. The zero-order valence-corrected chi connectivity index (χ0v) is 13.1. The third-order valence-electron chi connectivity index (χ3n) is 5.78. The van der Waals surface area contributed by atoms with Crippen LogP contribution < -0.4 is 5.73 Å². The number of nitrogens with two attached hydrogens (primary N) is 1. The maximum Gasteiger partial charge on any atom is 0.0141 e. The molecule has 2 nitrogen and oxygen atoms in total. The molecule has 0 bridgehead atoms. The van der Waals surface area contributed by atoms with E-state index in [-0.39, 0.29) is 0 Å². The normalized spacial score (nSPS) is 33.8. The fourth-order valence-electron chi connectivity index (χ4n) is 4.52. The molecule has 0 heterocycles. The Balaban J connectivity index is 2.03. The Bertz CT molecular complexity index is 248. The molecule has 0 aromatic carbocycles. The van der Waals surface area contributed by atoms with Gasteiger partial charge in [0.25, 0.3) is 0 Å². The van der Waals surface area contributed by atoms with Crippen LogP contribution in [0.15, 0.2) is 0 Å². The minimum Gasteiger partial charge on any atom is -0.330 e. The van der Waals surface area contributed by atoms with Gasteiger partial charge in [0, 0.05) is 12.1 Å². The van der Waals surface area contributed by atoms with Gasteiger partial charge in [-0.25, -0.2) is 0 Å². The first-order valence-corrected chi connectivity index (χ1v) is 8.75. The Morgan fingerprint density at radius 3 is 2.32 bits per heavy atom. The van der Waals surface area contributed by atoms with Gasteiger partial charge in [-0.05, 0) is 50.6 Å². The summed E-state index contributed by atoms with van der Waals surface area (Å²) in [7, 11) is 0. The smallest absolute Gasteiger partial charge is 0.0141 e. The third-order valence-corrected chi connectivity index (χ3v) is 5.78. The maximum absolute atomic E-state index is 6.08. The van der Waals surface area contributed by atoms with Gasteiger partial charge in [-0.2, -0.15) is 0 Å². The van der Waals surface area contributed by atoms with Crippen molar-refractivity contribution < 1.29 is 0 Å². The van der Waals surface area contributed by atoms with Crippen molar-refractivity contribution in [2.75, 3.05) is 13.1 Å². The van der Waals surface area contributed by atoms with Gasteiger partial charge in [-0.3, -0.25) is 4.90 Å². The number of hydrogen-bond acceptors (Lipinski definition) is 2. The summed E-state index contributed by atoms with van der Waals surface area (Å²) < 4.78 is 0. The molecule has 3 unspecified atom stereocenters. The van der Waals surface area contributed by atoms with E-state index in [2.05, 4.69) is 18.7 Å². The fourth-order valence-corrected chi connectivity index (χ4v) is 4.52. The Kier molecular flexibility index (Phi) is 6.15. The van der Waals surface area contributed by atoms with E-state index in [0.29, 0.717) is 0 Å². The lowest BCUT2D eigenvalue weighted by Crippen LogP contribution is -2.51. The zero-order valence-electron chi connectivity index (χ0n) is 13.1. The van der Waals surface area contributed by atoms with Crippen LogP contribution in [0.3, 0.4) is 0 Å². The number of rotatable bonds is 5. The molecule has 0 saturated heterocycles. The summed E-state index contributed by atoms with van der Waals surface area (Å²) in [6.45, 7) is 6.84. The second-order valence-corrected chi connectivity index (χ2v) is 6.77. The molecule has 0 aromatic rings. The predicted octanol–water partition coefficient (Wildman–Crippen LogP) is 3.79. The number of nitrogens with zero attached hydrogens (tertiary/aromatic N) is 1. The van der Waals surface area contributed by atoms with Crippen molar-refractivity contribution in [3.8, 4) is 0 Å². The van der Waals surface area contributed by atoms with Crippen LogP contribution in [-0.4, -0.2) is 30.1 Å². The average Bonchev–Trinajstić information content (AvgIpc) is 2.49. The van der Waals surface area contributed by atoms with Crippen molar-refractivity contribution in [2.45, 2.75) is 83.7 Å². The van der Waals surface area contributed by atoms with E-state index in [1.807, 2.05) is 0 Å². The largest absolute Gasteiger partial charge is 0.330 e. The van der Waals surface area contributed by atoms with Gasteiger partial charge >= 0.3 is 0 Å². The van der Waals surface area contributed by atoms with Gasteiger partial charge in [0.05, 0.1) is 0 Å². The molecule has 2 rings (SSSR count). The lowest BCUT2D eigenvalue weighted by atomic mass is 9.75. The van der Waals surface area contributed by atoms with E-state index in [1.54, 1.807) is 0 Å². The highest BCUT2D eigenvalue weighted by Gasteiger charge is 2.35. The van der Waals surface area contributed by atoms with Crippen molar-refractivity contribution in [1.29, 1.82) is 0 Å². The van der Waals surface area contributed by atoms with Crippen LogP contribution in [0.1, 0.15) is 71.6 Å². The summed E-state index contributed by atoms with van der Waals surface area (Å²) in [6, 6.07) is 1.63. The highest BCUT2D eigenvalue weighted by atomic mass is 15.2. The van der Waals surface area contributed by atoms with Gasteiger partial charge in [0.1, 0.15) is 0 Å². The Morgan fingerprint density at radius 1 is 1.00 bits per heavy atom. The first-order chi connectivity index (χ1) is 9.30. The highest BCUT2D eigenvalue weighted by Crippen LogP contribution is 2.36. The van der Waals surface area contributed by atoms with Crippen molar-refractivity contribution >= 4 is 0 Å². The van der Waals surface area contributed by atoms with E-state index < -0.39 is 0 Å². The molecule has 2 heteroatoms. The highest BCUT2D eigenvalue weighted by molar-refractivity contribution is 4.90. The third kappa shape index (κ3) is 3.72. The molecule has 3 atom stereocenters. The zero-order chi connectivity index (χ0) is 13.7. The second-order valence-electron chi connectivity index (χ2n) is 6.77. The summed E-state index contributed by atoms with van der Waals surface area (Å²) in [4.78, 5) is 2.85.